The van der Waals surface area contributed by atoms with E-state index in [1.807, 2.05) is 36.4 Å². The van der Waals surface area contributed by atoms with Crippen molar-refractivity contribution in [2.75, 3.05) is 33.3 Å². The molecule has 6 heteroatoms. The van der Waals surface area contributed by atoms with Crippen LogP contribution in [0.1, 0.15) is 37.9 Å². The van der Waals surface area contributed by atoms with Gasteiger partial charge in [0.05, 0.1) is 24.7 Å². The summed E-state index contributed by atoms with van der Waals surface area (Å²) in [6, 6.07) is 16.2. The normalized spacial score (nSPS) is 15.3. The van der Waals surface area contributed by atoms with Crippen molar-refractivity contribution >= 4 is 16.8 Å². The first-order chi connectivity index (χ1) is 16.0. The number of fused-ring (bicyclic) bond motifs is 1. The van der Waals surface area contributed by atoms with Crippen LogP contribution in [-0.4, -0.2) is 59.2 Å². The maximum atomic E-state index is 13.3. The number of hydrogen-bond acceptors (Lipinski definition) is 4. The molecule has 0 atom stereocenters. The number of likely N-dealkylation sites (tertiary alicyclic amines) is 1. The van der Waals surface area contributed by atoms with E-state index in [0.29, 0.717) is 18.3 Å². The van der Waals surface area contributed by atoms with Crippen LogP contribution in [0.2, 0.25) is 0 Å². The fraction of sp³-hybridized carbons (Fsp3) is 0.481. The SMILES string of the molecule is COc1ccccc1CN1CCC(CN(CC(C)C)C(=O)Cc2[nH]nc3ccccc23)CC1. The predicted octanol–water partition coefficient (Wildman–Crippen LogP) is 4.51. The zero-order chi connectivity index (χ0) is 23.2. The minimum atomic E-state index is 0.189. The van der Waals surface area contributed by atoms with Crippen LogP contribution in [0.5, 0.6) is 5.75 Å². The number of carbonyl (C=O) groups excluding carboxylic acids is 1. The van der Waals surface area contributed by atoms with Crippen molar-refractivity contribution in [2.45, 2.75) is 39.7 Å². The molecule has 1 amide bonds. The van der Waals surface area contributed by atoms with Gasteiger partial charge in [-0.3, -0.25) is 14.8 Å². The summed E-state index contributed by atoms with van der Waals surface area (Å²) in [5.41, 5.74) is 3.07. The van der Waals surface area contributed by atoms with E-state index in [2.05, 4.69) is 46.0 Å². The summed E-state index contributed by atoms with van der Waals surface area (Å²) in [5.74, 6) is 2.13. The van der Waals surface area contributed by atoms with E-state index in [1.165, 1.54) is 5.56 Å². The van der Waals surface area contributed by atoms with E-state index in [4.69, 9.17) is 4.74 Å². The molecule has 0 spiro atoms. The summed E-state index contributed by atoms with van der Waals surface area (Å²) in [5, 5.41) is 8.47. The molecule has 0 bridgehead atoms. The monoisotopic (exact) mass is 448 g/mol. The summed E-state index contributed by atoms with van der Waals surface area (Å²) in [7, 11) is 1.73. The Kier molecular flexibility index (Phi) is 7.65. The number of rotatable bonds is 9. The molecule has 33 heavy (non-hydrogen) atoms. The van der Waals surface area contributed by atoms with E-state index in [-0.39, 0.29) is 5.91 Å². The average molecular weight is 449 g/mol. The van der Waals surface area contributed by atoms with Crippen LogP contribution in [0.25, 0.3) is 10.9 Å². The van der Waals surface area contributed by atoms with Crippen LogP contribution in [0.4, 0.5) is 0 Å². The van der Waals surface area contributed by atoms with Crippen molar-refractivity contribution in [3.63, 3.8) is 0 Å². The van der Waals surface area contributed by atoms with Crippen molar-refractivity contribution < 1.29 is 9.53 Å². The van der Waals surface area contributed by atoms with E-state index >= 15 is 0 Å². The first kappa shape index (κ1) is 23.3. The molecule has 0 radical (unpaired) electrons. The Hall–Kier alpha value is -2.86. The Labute approximate surface area is 196 Å². The van der Waals surface area contributed by atoms with Gasteiger partial charge in [-0.25, -0.2) is 0 Å². The molecule has 1 N–H and O–H groups in total. The Morgan fingerprint density at radius 2 is 1.88 bits per heavy atom. The third-order valence-electron chi connectivity index (χ3n) is 6.58. The van der Waals surface area contributed by atoms with E-state index < -0.39 is 0 Å². The molecule has 1 fully saturated rings. The second-order valence-electron chi connectivity index (χ2n) is 9.62. The number of carbonyl (C=O) groups is 1. The van der Waals surface area contributed by atoms with Gasteiger partial charge >= 0.3 is 0 Å². The van der Waals surface area contributed by atoms with Crippen LogP contribution < -0.4 is 4.74 Å². The van der Waals surface area contributed by atoms with Crippen LogP contribution in [-0.2, 0) is 17.8 Å². The standard InChI is InChI=1S/C27H36N4O2/c1-20(2)17-31(27(32)16-25-23-9-5-6-10-24(23)28-29-25)18-21-12-14-30(15-13-21)19-22-8-4-7-11-26(22)33-3/h4-11,20-21H,12-19H2,1-3H3,(H,28,29). The second kappa shape index (κ2) is 10.8. The largest absolute Gasteiger partial charge is 0.496 e. The van der Waals surface area contributed by atoms with Gasteiger partial charge in [0.2, 0.25) is 5.91 Å². The van der Waals surface area contributed by atoms with Crippen LogP contribution in [0, 0.1) is 11.8 Å². The number of hydrogen-bond donors (Lipinski definition) is 1. The molecule has 0 unspecified atom stereocenters. The van der Waals surface area contributed by atoms with Crippen LogP contribution in [0.15, 0.2) is 48.5 Å². The number of aromatic nitrogens is 2. The topological polar surface area (TPSA) is 61.5 Å². The number of ether oxygens (including phenoxy) is 1. The number of methoxy groups -OCH3 is 1. The minimum Gasteiger partial charge on any atom is -0.496 e. The van der Waals surface area contributed by atoms with Crippen molar-refractivity contribution in [1.29, 1.82) is 0 Å². The first-order valence-electron chi connectivity index (χ1n) is 12.1. The fourth-order valence-corrected chi connectivity index (χ4v) is 4.84. The number of para-hydroxylation sites is 2. The zero-order valence-corrected chi connectivity index (χ0v) is 20.1. The van der Waals surface area contributed by atoms with E-state index in [9.17, 15) is 4.79 Å². The van der Waals surface area contributed by atoms with Gasteiger partial charge in [0, 0.05) is 30.6 Å². The van der Waals surface area contributed by atoms with Gasteiger partial charge < -0.3 is 9.64 Å². The molecular weight excluding hydrogens is 412 g/mol. The van der Waals surface area contributed by atoms with Gasteiger partial charge in [-0.1, -0.05) is 50.2 Å². The number of aromatic amines is 1. The highest BCUT2D eigenvalue weighted by molar-refractivity contribution is 5.87. The van der Waals surface area contributed by atoms with Crippen molar-refractivity contribution in [2.24, 2.45) is 11.8 Å². The van der Waals surface area contributed by atoms with Crippen LogP contribution in [0.3, 0.4) is 0 Å². The van der Waals surface area contributed by atoms with E-state index in [1.54, 1.807) is 7.11 Å². The molecule has 1 aromatic heterocycles. The van der Waals surface area contributed by atoms with Crippen LogP contribution >= 0.6 is 0 Å². The molecule has 1 aliphatic rings. The van der Waals surface area contributed by atoms with Crippen molar-refractivity contribution in [1.82, 2.24) is 20.0 Å². The molecule has 0 saturated carbocycles. The quantitative estimate of drug-likeness (QED) is 0.523. The summed E-state index contributed by atoms with van der Waals surface area (Å²) in [6.07, 6.45) is 2.61. The molecule has 2 aromatic carbocycles. The van der Waals surface area contributed by atoms with E-state index in [0.717, 1.165) is 67.9 Å². The van der Waals surface area contributed by atoms with Crippen molar-refractivity contribution in [3.8, 4) is 5.75 Å². The summed E-state index contributed by atoms with van der Waals surface area (Å²) in [6.45, 7) is 9.02. The molecule has 3 aromatic rings. The number of nitrogens with zero attached hydrogens (tertiary/aromatic N) is 3. The van der Waals surface area contributed by atoms with Gasteiger partial charge in [-0.05, 0) is 49.9 Å². The third kappa shape index (κ3) is 5.93. The average Bonchev–Trinajstić information content (AvgIpc) is 3.22. The Morgan fingerprint density at radius 3 is 2.64 bits per heavy atom. The number of amides is 1. The Balaban J connectivity index is 1.34. The second-order valence-corrected chi connectivity index (χ2v) is 9.62. The Morgan fingerprint density at radius 1 is 1.15 bits per heavy atom. The van der Waals surface area contributed by atoms with Gasteiger partial charge in [0.15, 0.2) is 0 Å². The smallest absolute Gasteiger partial charge is 0.228 e. The molecule has 2 heterocycles. The summed E-state index contributed by atoms with van der Waals surface area (Å²) in [4.78, 5) is 17.9. The maximum Gasteiger partial charge on any atom is 0.228 e. The number of benzene rings is 2. The lowest BCUT2D eigenvalue weighted by atomic mass is 9.95. The lowest BCUT2D eigenvalue weighted by Gasteiger charge is -2.35. The van der Waals surface area contributed by atoms with Gasteiger partial charge in [-0.15, -0.1) is 0 Å². The van der Waals surface area contributed by atoms with Gasteiger partial charge in [0.25, 0.3) is 0 Å². The first-order valence-corrected chi connectivity index (χ1v) is 12.1. The lowest BCUT2D eigenvalue weighted by Crippen LogP contribution is -2.42. The summed E-state index contributed by atoms with van der Waals surface area (Å²) >= 11 is 0. The molecule has 6 nitrogen and oxygen atoms in total. The molecule has 4 rings (SSSR count). The molecule has 176 valence electrons. The predicted molar refractivity (Wildman–Crippen MR) is 132 cm³/mol. The van der Waals surface area contributed by atoms with Gasteiger partial charge in [0.1, 0.15) is 5.75 Å². The fourth-order valence-electron chi connectivity index (χ4n) is 4.84. The molecule has 1 saturated heterocycles. The molecular formula is C27H36N4O2. The minimum absolute atomic E-state index is 0.189. The highest BCUT2D eigenvalue weighted by atomic mass is 16.5. The molecule has 0 aliphatic carbocycles. The Bertz CT molecular complexity index is 1050. The molecule has 1 aliphatic heterocycles. The summed E-state index contributed by atoms with van der Waals surface area (Å²) < 4.78 is 5.52. The maximum absolute atomic E-state index is 13.3. The zero-order valence-electron chi connectivity index (χ0n) is 20.1. The number of piperidine rings is 1. The highest BCUT2D eigenvalue weighted by Crippen LogP contribution is 2.25. The number of nitrogens with one attached hydrogen (secondary N) is 1. The van der Waals surface area contributed by atoms with Crippen molar-refractivity contribution in [3.05, 3.63) is 59.8 Å². The van der Waals surface area contributed by atoms with Gasteiger partial charge in [-0.2, -0.15) is 5.10 Å². The lowest BCUT2D eigenvalue weighted by molar-refractivity contribution is -0.132. The third-order valence-corrected chi connectivity index (χ3v) is 6.58. The highest BCUT2D eigenvalue weighted by Gasteiger charge is 2.25. The number of H-pyrrole nitrogens is 1.